The molecule has 0 radical (unpaired) electrons. The molecule has 2 heteroatoms. The number of nitrogens with one attached hydrogen (secondary N) is 1. The molecule has 0 saturated heterocycles. The number of aryl methyl sites for hydroxylation is 1. The lowest BCUT2D eigenvalue weighted by atomic mass is 10.2. The summed E-state index contributed by atoms with van der Waals surface area (Å²) in [6.45, 7) is 3.00. The molecule has 0 spiro atoms. The van der Waals surface area contributed by atoms with Crippen molar-refractivity contribution in [2.45, 2.75) is 13.3 Å². The maximum absolute atomic E-state index is 4.68. The summed E-state index contributed by atoms with van der Waals surface area (Å²) < 4.78 is 0. The van der Waals surface area contributed by atoms with Gasteiger partial charge < -0.3 is 5.32 Å². The minimum Gasteiger partial charge on any atom is -0.385 e. The highest BCUT2D eigenvalue weighted by atomic mass is 14.9. The highest BCUT2D eigenvalue weighted by Crippen LogP contribution is 2.13. The monoisotopic (exact) mass is 262 g/mol. The standard InChI is InChI=1S/C18H18N2/c1-14-6-9-16(10-7-14)19-13-12-17-11-8-15-4-2-3-5-18(15)20-17/h2-11,19H,12-13H2,1H3. The Morgan fingerprint density at radius 1 is 0.900 bits per heavy atom. The molecule has 0 aliphatic carbocycles. The lowest BCUT2D eigenvalue weighted by Gasteiger charge is -2.07. The summed E-state index contributed by atoms with van der Waals surface area (Å²) >= 11 is 0. The van der Waals surface area contributed by atoms with E-state index in [-0.39, 0.29) is 0 Å². The molecule has 0 aliphatic rings. The van der Waals surface area contributed by atoms with Crippen LogP contribution in [0, 0.1) is 6.92 Å². The molecule has 0 aliphatic heterocycles. The average molecular weight is 262 g/mol. The highest BCUT2D eigenvalue weighted by Gasteiger charge is 1.98. The molecule has 0 fully saturated rings. The van der Waals surface area contributed by atoms with E-state index in [4.69, 9.17) is 0 Å². The van der Waals surface area contributed by atoms with Crippen molar-refractivity contribution < 1.29 is 0 Å². The summed E-state index contributed by atoms with van der Waals surface area (Å²) in [5.74, 6) is 0. The lowest BCUT2D eigenvalue weighted by molar-refractivity contribution is 0.973. The first-order chi connectivity index (χ1) is 9.81. The smallest absolute Gasteiger partial charge is 0.0705 e. The Labute approximate surface area is 119 Å². The maximum Gasteiger partial charge on any atom is 0.0705 e. The van der Waals surface area contributed by atoms with E-state index in [0.29, 0.717) is 0 Å². The van der Waals surface area contributed by atoms with Crippen molar-refractivity contribution in [3.8, 4) is 0 Å². The molecule has 2 aromatic carbocycles. The molecule has 0 saturated carbocycles. The van der Waals surface area contributed by atoms with Crippen molar-refractivity contribution in [3.05, 3.63) is 71.9 Å². The van der Waals surface area contributed by atoms with Gasteiger partial charge in [0.1, 0.15) is 0 Å². The summed E-state index contributed by atoms with van der Waals surface area (Å²) in [7, 11) is 0. The Kier molecular flexibility index (Phi) is 3.64. The van der Waals surface area contributed by atoms with Gasteiger partial charge in [-0.25, -0.2) is 0 Å². The SMILES string of the molecule is Cc1ccc(NCCc2ccc3ccccc3n2)cc1. The van der Waals surface area contributed by atoms with Crippen LogP contribution in [0.5, 0.6) is 0 Å². The molecule has 3 rings (SSSR count). The van der Waals surface area contributed by atoms with Gasteiger partial charge in [0.2, 0.25) is 0 Å². The fraction of sp³-hybridized carbons (Fsp3) is 0.167. The summed E-state index contributed by atoms with van der Waals surface area (Å²) in [6, 6.07) is 21.0. The molecule has 20 heavy (non-hydrogen) atoms. The second-order valence-electron chi connectivity index (χ2n) is 5.04. The second kappa shape index (κ2) is 5.74. The lowest BCUT2D eigenvalue weighted by Crippen LogP contribution is -2.05. The molecule has 3 aromatic rings. The van der Waals surface area contributed by atoms with E-state index in [1.165, 1.54) is 10.9 Å². The zero-order valence-electron chi connectivity index (χ0n) is 11.6. The minimum atomic E-state index is 0.897. The minimum absolute atomic E-state index is 0.897. The van der Waals surface area contributed by atoms with Crippen molar-refractivity contribution in [3.63, 3.8) is 0 Å². The van der Waals surface area contributed by atoms with E-state index in [1.807, 2.05) is 12.1 Å². The molecule has 0 amide bonds. The molecule has 100 valence electrons. The molecule has 1 aromatic heterocycles. The molecular formula is C18H18N2. The van der Waals surface area contributed by atoms with Gasteiger partial charge in [0.05, 0.1) is 5.52 Å². The molecule has 1 heterocycles. The van der Waals surface area contributed by atoms with Crippen molar-refractivity contribution >= 4 is 16.6 Å². The predicted molar refractivity (Wildman–Crippen MR) is 85.1 cm³/mol. The first kappa shape index (κ1) is 12.7. The molecular weight excluding hydrogens is 244 g/mol. The summed E-state index contributed by atoms with van der Waals surface area (Å²) in [5, 5.41) is 4.63. The van der Waals surface area contributed by atoms with E-state index in [9.17, 15) is 0 Å². The Bertz CT molecular complexity index is 702. The molecule has 1 N–H and O–H groups in total. The summed E-state index contributed by atoms with van der Waals surface area (Å²) in [6.07, 6.45) is 0.929. The number of nitrogens with zero attached hydrogens (tertiary/aromatic N) is 1. The van der Waals surface area contributed by atoms with Gasteiger partial charge in [-0.2, -0.15) is 0 Å². The van der Waals surface area contributed by atoms with Gasteiger partial charge in [0.15, 0.2) is 0 Å². The predicted octanol–water partition coefficient (Wildman–Crippen LogP) is 4.20. The van der Waals surface area contributed by atoms with Crippen LogP contribution in [-0.2, 0) is 6.42 Å². The fourth-order valence-electron chi connectivity index (χ4n) is 2.25. The van der Waals surface area contributed by atoms with Crippen LogP contribution in [0.4, 0.5) is 5.69 Å². The van der Waals surface area contributed by atoms with E-state index in [2.05, 4.69) is 65.8 Å². The van der Waals surface area contributed by atoms with Crippen LogP contribution in [0.2, 0.25) is 0 Å². The van der Waals surface area contributed by atoms with Crippen molar-refractivity contribution in [1.82, 2.24) is 4.98 Å². The zero-order chi connectivity index (χ0) is 13.8. The Morgan fingerprint density at radius 2 is 1.70 bits per heavy atom. The fourth-order valence-corrected chi connectivity index (χ4v) is 2.25. The number of fused-ring (bicyclic) bond motifs is 1. The Balaban J connectivity index is 1.63. The molecule has 2 nitrogen and oxygen atoms in total. The number of para-hydroxylation sites is 1. The third-order valence-corrected chi connectivity index (χ3v) is 3.42. The first-order valence-electron chi connectivity index (χ1n) is 6.96. The van der Waals surface area contributed by atoms with Crippen LogP contribution in [0.25, 0.3) is 10.9 Å². The van der Waals surface area contributed by atoms with E-state index >= 15 is 0 Å². The average Bonchev–Trinajstić information content (AvgIpc) is 2.49. The molecule has 0 unspecified atom stereocenters. The van der Waals surface area contributed by atoms with Gasteiger partial charge >= 0.3 is 0 Å². The van der Waals surface area contributed by atoms with Gasteiger partial charge in [0, 0.05) is 29.7 Å². The highest BCUT2D eigenvalue weighted by molar-refractivity contribution is 5.78. The number of hydrogen-bond acceptors (Lipinski definition) is 2. The van der Waals surface area contributed by atoms with Crippen LogP contribution in [0.1, 0.15) is 11.3 Å². The first-order valence-corrected chi connectivity index (χ1v) is 6.96. The van der Waals surface area contributed by atoms with Crippen LogP contribution < -0.4 is 5.32 Å². The van der Waals surface area contributed by atoms with Crippen LogP contribution >= 0.6 is 0 Å². The van der Waals surface area contributed by atoms with Crippen LogP contribution in [-0.4, -0.2) is 11.5 Å². The van der Waals surface area contributed by atoms with Crippen molar-refractivity contribution in [2.75, 3.05) is 11.9 Å². The number of benzene rings is 2. The van der Waals surface area contributed by atoms with Crippen molar-refractivity contribution in [1.29, 1.82) is 0 Å². The molecule has 0 bridgehead atoms. The number of rotatable bonds is 4. The topological polar surface area (TPSA) is 24.9 Å². The van der Waals surface area contributed by atoms with Gasteiger partial charge in [0.25, 0.3) is 0 Å². The number of anilines is 1. The maximum atomic E-state index is 4.68. The van der Waals surface area contributed by atoms with Crippen molar-refractivity contribution in [2.24, 2.45) is 0 Å². The van der Waals surface area contributed by atoms with Gasteiger partial charge in [-0.05, 0) is 31.2 Å². The zero-order valence-corrected chi connectivity index (χ0v) is 11.6. The Hall–Kier alpha value is -2.35. The third-order valence-electron chi connectivity index (χ3n) is 3.42. The second-order valence-corrected chi connectivity index (χ2v) is 5.04. The van der Waals surface area contributed by atoms with Crippen LogP contribution in [0.3, 0.4) is 0 Å². The molecule has 0 atom stereocenters. The van der Waals surface area contributed by atoms with E-state index in [1.54, 1.807) is 0 Å². The van der Waals surface area contributed by atoms with E-state index in [0.717, 1.165) is 29.9 Å². The van der Waals surface area contributed by atoms with Crippen LogP contribution in [0.15, 0.2) is 60.7 Å². The van der Waals surface area contributed by atoms with Gasteiger partial charge in [-0.3, -0.25) is 4.98 Å². The third kappa shape index (κ3) is 2.97. The number of hydrogen-bond donors (Lipinski definition) is 1. The summed E-state index contributed by atoms with van der Waals surface area (Å²) in [5.41, 5.74) is 4.65. The normalized spacial score (nSPS) is 10.7. The number of pyridine rings is 1. The van der Waals surface area contributed by atoms with Gasteiger partial charge in [-0.15, -0.1) is 0 Å². The number of aromatic nitrogens is 1. The summed E-state index contributed by atoms with van der Waals surface area (Å²) in [4.78, 5) is 4.68. The van der Waals surface area contributed by atoms with Gasteiger partial charge in [-0.1, -0.05) is 42.0 Å². The Morgan fingerprint density at radius 3 is 2.55 bits per heavy atom. The quantitative estimate of drug-likeness (QED) is 0.762. The largest absolute Gasteiger partial charge is 0.385 e. The van der Waals surface area contributed by atoms with E-state index < -0.39 is 0 Å².